The molecule has 3 saturated heterocycles. The minimum Gasteiger partial charge on any atom is -0.381 e. The molecular formula is C48H80ClF2N3O4. The minimum absolute atomic E-state index is 0.0318. The number of nitrogens with zero attached hydrogens (tertiary/aromatic N) is 3. The molecule has 3 heterocycles. The zero-order chi connectivity index (χ0) is 44.1. The van der Waals surface area contributed by atoms with Gasteiger partial charge in [0, 0.05) is 56.0 Å². The van der Waals surface area contributed by atoms with Crippen LogP contribution >= 0.6 is 11.6 Å². The average Bonchev–Trinajstić information content (AvgIpc) is 4.03. The number of rotatable bonds is 11. The highest BCUT2D eigenvalue weighted by molar-refractivity contribution is 6.30. The molecule has 2 aromatic carbocycles. The fraction of sp³-hybridized carbons (Fsp3) is 0.688. The van der Waals surface area contributed by atoms with Crippen molar-refractivity contribution in [2.75, 3.05) is 45.9 Å². The van der Waals surface area contributed by atoms with Crippen molar-refractivity contribution in [2.45, 2.75) is 152 Å². The molecule has 0 radical (unpaired) electrons. The van der Waals surface area contributed by atoms with Crippen molar-refractivity contribution >= 4 is 29.7 Å². The Morgan fingerprint density at radius 1 is 0.948 bits per heavy atom. The van der Waals surface area contributed by atoms with Crippen molar-refractivity contribution < 1.29 is 27.9 Å². The van der Waals surface area contributed by atoms with Gasteiger partial charge in [0.2, 0.25) is 11.8 Å². The molecule has 4 atom stereocenters. The van der Waals surface area contributed by atoms with Gasteiger partial charge in [-0.2, -0.15) is 0 Å². The van der Waals surface area contributed by atoms with Crippen molar-refractivity contribution in [3.8, 4) is 0 Å². The first-order valence-corrected chi connectivity index (χ1v) is 22.5. The second-order valence-corrected chi connectivity index (χ2v) is 16.6. The lowest BCUT2D eigenvalue weighted by atomic mass is 9.89. The lowest BCUT2D eigenvalue weighted by Crippen LogP contribution is -2.50. The maximum atomic E-state index is 13.7. The highest BCUT2D eigenvalue weighted by Gasteiger charge is 2.45. The molecule has 4 unspecified atom stereocenters. The maximum Gasteiger partial charge on any atom is 0.245 e. The van der Waals surface area contributed by atoms with Gasteiger partial charge in [-0.1, -0.05) is 103 Å². The van der Waals surface area contributed by atoms with Crippen LogP contribution in [0, 0.1) is 36.3 Å². The monoisotopic (exact) mass is 836 g/mol. The van der Waals surface area contributed by atoms with E-state index < -0.39 is 11.6 Å². The third-order valence-corrected chi connectivity index (χ3v) is 10.9. The quantitative estimate of drug-likeness (QED) is 0.167. The van der Waals surface area contributed by atoms with E-state index in [0.717, 1.165) is 95.4 Å². The molecule has 2 aromatic rings. The van der Waals surface area contributed by atoms with Crippen LogP contribution in [0.5, 0.6) is 0 Å². The highest BCUT2D eigenvalue weighted by atomic mass is 35.5. The zero-order valence-corrected chi connectivity index (χ0v) is 38.9. The van der Waals surface area contributed by atoms with Gasteiger partial charge in [-0.15, -0.1) is 0 Å². The van der Waals surface area contributed by atoms with Crippen molar-refractivity contribution in [1.82, 2.24) is 14.7 Å². The number of amides is 2. The zero-order valence-electron chi connectivity index (χ0n) is 38.1. The molecule has 58 heavy (non-hydrogen) atoms. The molecule has 10 heteroatoms. The largest absolute Gasteiger partial charge is 0.381 e. The van der Waals surface area contributed by atoms with Crippen LogP contribution < -0.4 is 0 Å². The minimum atomic E-state index is -0.530. The second kappa shape index (κ2) is 32.0. The van der Waals surface area contributed by atoms with Crippen LogP contribution in [-0.2, 0) is 19.1 Å². The van der Waals surface area contributed by atoms with Gasteiger partial charge >= 0.3 is 0 Å². The van der Waals surface area contributed by atoms with E-state index in [1.54, 1.807) is 6.92 Å². The Hall–Kier alpha value is -2.88. The summed E-state index contributed by atoms with van der Waals surface area (Å²) in [6, 6.07) is 12.7. The van der Waals surface area contributed by atoms with E-state index in [9.17, 15) is 18.4 Å². The molecule has 5 rings (SSSR count). The van der Waals surface area contributed by atoms with Crippen LogP contribution in [0.25, 0.3) is 0 Å². The molecule has 0 N–H and O–H groups in total. The maximum absolute atomic E-state index is 13.7. The van der Waals surface area contributed by atoms with E-state index in [-0.39, 0.29) is 29.3 Å². The first-order valence-electron chi connectivity index (χ1n) is 22.1. The van der Waals surface area contributed by atoms with Crippen LogP contribution in [-0.4, -0.2) is 90.3 Å². The van der Waals surface area contributed by atoms with Gasteiger partial charge in [-0.3, -0.25) is 14.5 Å². The van der Waals surface area contributed by atoms with E-state index in [0.29, 0.717) is 17.4 Å². The van der Waals surface area contributed by atoms with Gasteiger partial charge in [0.25, 0.3) is 0 Å². The van der Waals surface area contributed by atoms with Gasteiger partial charge in [0.05, 0.1) is 5.92 Å². The number of carbonyl (C=O) groups excluding carboxylic acids is 3. The van der Waals surface area contributed by atoms with E-state index in [1.807, 2.05) is 49.1 Å². The Morgan fingerprint density at radius 2 is 1.57 bits per heavy atom. The molecule has 0 aromatic heterocycles. The van der Waals surface area contributed by atoms with Gasteiger partial charge in [-0.05, 0) is 115 Å². The van der Waals surface area contributed by atoms with E-state index in [2.05, 4.69) is 58.3 Å². The predicted molar refractivity (Wildman–Crippen MR) is 239 cm³/mol. The number of ether oxygens (including phenoxy) is 1. The van der Waals surface area contributed by atoms with Crippen LogP contribution in [0.1, 0.15) is 139 Å². The molecular weight excluding hydrogens is 756 g/mol. The smallest absolute Gasteiger partial charge is 0.245 e. The number of aldehydes is 1. The number of halogens is 3. The highest BCUT2D eigenvalue weighted by Crippen LogP contribution is 2.35. The lowest BCUT2D eigenvalue weighted by Gasteiger charge is -2.33. The normalized spacial score (nSPS) is 18.9. The topological polar surface area (TPSA) is 70.2 Å². The standard InChI is InChI=1S/C27H51N3O2.C7H6F2.C6H5Cl.C4H8O.C2H4O.C2H6/c1-8-11-12-13-16-28(15-9-2)26(32)24-18-23(21(4)10-3)20-30(24)25(31)22-14-17-29(19-22)27(5,6)7;1-5-2-3-6(8)4-7(5)9;7-6-4-2-1-3-5-6;1-2-4-5-3-1;1-2-3;1-2/h21-24H,8-20H2,1-7H3;2-4H,1H3;1-5H;1-4H2;2H,1H3;1-2H3. The molecule has 2 amide bonds. The summed E-state index contributed by atoms with van der Waals surface area (Å²) in [4.78, 5) is 42.7. The summed E-state index contributed by atoms with van der Waals surface area (Å²) >= 11 is 5.54. The van der Waals surface area contributed by atoms with Gasteiger partial charge < -0.3 is 19.3 Å². The van der Waals surface area contributed by atoms with Crippen molar-refractivity contribution in [3.05, 3.63) is 70.8 Å². The van der Waals surface area contributed by atoms with Crippen LogP contribution in [0.2, 0.25) is 5.02 Å². The first-order chi connectivity index (χ1) is 27.6. The van der Waals surface area contributed by atoms with Gasteiger partial charge in [0.15, 0.2) is 0 Å². The SMILES string of the molecule is C1CCOC1.CC.CC=O.CCCCCCN(CCC)C(=O)C1CC(C(C)CC)CN1C(=O)C1CCN(C(C)(C)C)C1.Cc1ccc(F)cc1F.Clc1ccccc1. The summed E-state index contributed by atoms with van der Waals surface area (Å²) in [5.74, 6) is 0.414. The van der Waals surface area contributed by atoms with Crippen molar-refractivity contribution in [1.29, 1.82) is 0 Å². The van der Waals surface area contributed by atoms with Crippen molar-refractivity contribution in [3.63, 3.8) is 0 Å². The van der Waals surface area contributed by atoms with E-state index >= 15 is 0 Å². The molecule has 0 spiro atoms. The summed E-state index contributed by atoms with van der Waals surface area (Å²) in [5.41, 5.74) is 0.557. The number of aryl methyl sites for hydroxylation is 1. The molecule has 3 aliphatic heterocycles. The third kappa shape index (κ3) is 21.9. The summed E-state index contributed by atoms with van der Waals surface area (Å²) in [6.07, 6.45) is 11.8. The molecule has 3 aliphatic rings. The van der Waals surface area contributed by atoms with Crippen LogP contribution in [0.4, 0.5) is 8.78 Å². The Bertz CT molecular complexity index is 1360. The lowest BCUT2D eigenvalue weighted by molar-refractivity contribution is -0.146. The third-order valence-electron chi connectivity index (χ3n) is 10.6. The number of likely N-dealkylation sites (tertiary alicyclic amines) is 2. The summed E-state index contributed by atoms with van der Waals surface area (Å²) in [5, 5.41) is 0.794. The Morgan fingerprint density at radius 3 is 2.00 bits per heavy atom. The van der Waals surface area contributed by atoms with Gasteiger partial charge in [0.1, 0.15) is 24.0 Å². The number of hydrogen-bond acceptors (Lipinski definition) is 5. The molecule has 332 valence electrons. The number of unbranched alkanes of at least 4 members (excludes halogenated alkanes) is 3. The summed E-state index contributed by atoms with van der Waals surface area (Å²) in [7, 11) is 0. The fourth-order valence-electron chi connectivity index (χ4n) is 6.93. The number of benzene rings is 2. The molecule has 3 fully saturated rings. The Kier molecular flexibility index (Phi) is 30.4. The molecule has 7 nitrogen and oxygen atoms in total. The second-order valence-electron chi connectivity index (χ2n) is 16.1. The number of carbonyl (C=O) groups is 3. The first kappa shape index (κ1) is 55.1. The van der Waals surface area contributed by atoms with E-state index in [1.165, 1.54) is 51.2 Å². The van der Waals surface area contributed by atoms with Crippen LogP contribution in [0.3, 0.4) is 0 Å². The Labute approximate surface area is 357 Å². The Balaban J connectivity index is 0.000000991. The molecule has 0 saturated carbocycles. The average molecular weight is 837 g/mol. The van der Waals surface area contributed by atoms with Crippen LogP contribution in [0.15, 0.2) is 48.5 Å². The van der Waals surface area contributed by atoms with Gasteiger partial charge in [-0.25, -0.2) is 8.78 Å². The molecule has 0 bridgehead atoms. The number of hydrogen-bond donors (Lipinski definition) is 0. The summed E-state index contributed by atoms with van der Waals surface area (Å²) < 4.78 is 29.4. The predicted octanol–water partition coefficient (Wildman–Crippen LogP) is 11.8. The molecule has 0 aliphatic carbocycles. The van der Waals surface area contributed by atoms with E-state index in [4.69, 9.17) is 21.1 Å². The van der Waals surface area contributed by atoms with Crippen molar-refractivity contribution in [2.24, 2.45) is 17.8 Å². The summed E-state index contributed by atoms with van der Waals surface area (Å²) in [6.45, 7) is 28.8. The fourth-order valence-corrected chi connectivity index (χ4v) is 7.08.